The molecule has 168 valence electrons. The van der Waals surface area contributed by atoms with Gasteiger partial charge in [0.2, 0.25) is 11.8 Å². The van der Waals surface area contributed by atoms with Crippen LogP contribution < -0.4 is 11.1 Å². The van der Waals surface area contributed by atoms with E-state index in [1.54, 1.807) is 13.8 Å². The van der Waals surface area contributed by atoms with E-state index in [1.165, 1.54) is 75.0 Å². The van der Waals surface area contributed by atoms with E-state index in [2.05, 4.69) is 5.32 Å². The van der Waals surface area contributed by atoms with Crippen molar-refractivity contribution in [3.8, 4) is 0 Å². The molecule has 5 N–H and O–H groups in total. The highest BCUT2D eigenvalue weighted by molar-refractivity contribution is 8.01. The molecule has 3 rings (SSSR count). The lowest BCUT2D eigenvalue weighted by molar-refractivity contribution is -0.161. The maximum Gasteiger partial charge on any atom is 0.327 e. The number of fused-ring (bicyclic) bond motifs is 1. The Morgan fingerprint density at radius 2 is 1.52 bits per heavy atom. The molecule has 9 heteroatoms. The summed E-state index contributed by atoms with van der Waals surface area (Å²) in [7, 11) is 1.00. The molecule has 2 amide bonds. The van der Waals surface area contributed by atoms with Gasteiger partial charge in [-0.1, -0.05) is 51.4 Å². The zero-order valence-corrected chi connectivity index (χ0v) is 18.8. The predicted molar refractivity (Wildman–Crippen MR) is 114 cm³/mol. The lowest BCUT2D eigenvalue weighted by Crippen LogP contribution is -2.71. The van der Waals surface area contributed by atoms with Crippen molar-refractivity contribution in [2.45, 2.75) is 100 Å². The fourth-order valence-corrected chi connectivity index (χ4v) is 5.47. The van der Waals surface area contributed by atoms with Crippen molar-refractivity contribution in [3.05, 3.63) is 0 Å². The third kappa shape index (κ3) is 6.58. The summed E-state index contributed by atoms with van der Waals surface area (Å²) in [5, 5.41) is 18.5. The van der Waals surface area contributed by atoms with Gasteiger partial charge in [-0.15, -0.1) is 11.8 Å². The first kappa shape index (κ1) is 25.7. The summed E-state index contributed by atoms with van der Waals surface area (Å²) in [6.45, 7) is 5.10. The Morgan fingerprint density at radius 1 is 1.10 bits per heavy atom. The third-order valence-electron chi connectivity index (χ3n) is 5.39. The number of nitrogens with one attached hydrogen (secondary N) is 1. The van der Waals surface area contributed by atoms with E-state index in [4.69, 9.17) is 10.8 Å². The van der Waals surface area contributed by atoms with Crippen molar-refractivity contribution in [2.24, 2.45) is 5.73 Å². The fraction of sp³-hybridized carbons (Fsp3) is 0.850. The van der Waals surface area contributed by atoms with Gasteiger partial charge in [0.15, 0.2) is 0 Å². The summed E-state index contributed by atoms with van der Waals surface area (Å²) < 4.78 is -0.583. The van der Waals surface area contributed by atoms with Crippen molar-refractivity contribution in [2.75, 3.05) is 7.11 Å². The van der Waals surface area contributed by atoms with E-state index < -0.39 is 34.7 Å². The topological polar surface area (TPSA) is 133 Å². The second kappa shape index (κ2) is 11.8. The van der Waals surface area contributed by atoms with Crippen LogP contribution in [-0.2, 0) is 14.4 Å². The van der Waals surface area contributed by atoms with Gasteiger partial charge in [-0.25, -0.2) is 4.79 Å². The van der Waals surface area contributed by atoms with Gasteiger partial charge in [0.25, 0.3) is 0 Å². The van der Waals surface area contributed by atoms with E-state index in [0.717, 1.165) is 7.11 Å². The molecule has 0 bridgehead atoms. The fourth-order valence-electron chi connectivity index (χ4n) is 3.84. The summed E-state index contributed by atoms with van der Waals surface area (Å²) in [5.74, 6) is -1.79. The number of hydrogen-bond acceptors (Lipinski definition) is 6. The number of aliphatic hydroxyl groups is 1. The Labute approximate surface area is 178 Å². The minimum absolute atomic E-state index is 0.328. The van der Waals surface area contributed by atoms with Gasteiger partial charge in [0.1, 0.15) is 17.5 Å². The Morgan fingerprint density at radius 3 is 1.86 bits per heavy atom. The average Bonchev–Trinajstić information content (AvgIpc) is 2.89. The molecule has 3 aliphatic rings. The molecule has 29 heavy (non-hydrogen) atoms. The van der Waals surface area contributed by atoms with E-state index in [1.807, 2.05) is 0 Å². The zero-order chi connectivity index (χ0) is 22.2. The Balaban J connectivity index is 0.000000351. The zero-order valence-electron chi connectivity index (χ0n) is 18.0. The van der Waals surface area contributed by atoms with E-state index >= 15 is 0 Å². The molecule has 0 radical (unpaired) electrons. The van der Waals surface area contributed by atoms with E-state index in [9.17, 15) is 19.5 Å². The van der Waals surface area contributed by atoms with Crippen LogP contribution in [0.25, 0.3) is 0 Å². The predicted octanol–water partition coefficient (Wildman–Crippen LogP) is 1.69. The first-order chi connectivity index (χ1) is 13.7. The maximum atomic E-state index is 12.0. The normalized spacial score (nSPS) is 28.7. The maximum absolute atomic E-state index is 12.0. The Kier molecular flexibility index (Phi) is 10.4. The highest BCUT2D eigenvalue weighted by atomic mass is 32.2. The molecule has 4 atom stereocenters. The van der Waals surface area contributed by atoms with Gasteiger partial charge in [0, 0.05) is 11.9 Å². The largest absolute Gasteiger partial charge is 0.480 e. The molecule has 8 nitrogen and oxygen atoms in total. The second-order valence-corrected chi connectivity index (χ2v) is 9.97. The number of β-lactam (4-membered cyclic amide) rings is 1. The summed E-state index contributed by atoms with van der Waals surface area (Å²) >= 11 is 1.39. The molecule has 0 aromatic carbocycles. The minimum atomic E-state index is -1.02. The van der Waals surface area contributed by atoms with Crippen molar-refractivity contribution in [1.82, 2.24) is 10.2 Å². The van der Waals surface area contributed by atoms with Gasteiger partial charge in [-0.2, -0.15) is 0 Å². The molecule has 2 saturated heterocycles. The van der Waals surface area contributed by atoms with Gasteiger partial charge < -0.3 is 26.2 Å². The van der Waals surface area contributed by atoms with Crippen LogP contribution in [0.1, 0.15) is 72.1 Å². The van der Waals surface area contributed by atoms with Gasteiger partial charge in [-0.05, 0) is 20.8 Å². The number of carbonyl (C=O) groups excluding carboxylic acids is 2. The molecular weight excluding hydrogens is 394 g/mol. The van der Waals surface area contributed by atoms with Crippen LogP contribution in [0.2, 0.25) is 0 Å². The molecule has 3 fully saturated rings. The smallest absolute Gasteiger partial charge is 0.327 e. The summed E-state index contributed by atoms with van der Waals surface area (Å²) in [6, 6.07) is -2.23. The molecular formula is C20H37N3O5S. The van der Waals surface area contributed by atoms with Crippen LogP contribution in [0.15, 0.2) is 0 Å². The quantitative estimate of drug-likeness (QED) is 0.500. The summed E-state index contributed by atoms with van der Waals surface area (Å²) in [6.07, 6.45) is 12.0. The molecule has 0 spiro atoms. The van der Waals surface area contributed by atoms with Crippen molar-refractivity contribution in [3.63, 3.8) is 0 Å². The molecule has 0 aromatic rings. The molecule has 0 aromatic heterocycles. The van der Waals surface area contributed by atoms with Gasteiger partial charge >= 0.3 is 5.97 Å². The van der Waals surface area contributed by atoms with Crippen LogP contribution in [-0.4, -0.2) is 68.3 Å². The number of aliphatic carboxylic acids is 1. The number of aliphatic hydroxyl groups excluding tert-OH is 1. The SMILES string of the molecule is C1CCCCCCC1.CC(N)C(=O)NC1C(=O)N2C1SC(C)(C)C2C(=O)O.CO. The number of nitrogens with two attached hydrogens (primary N) is 1. The number of carboxylic acid groups (broad SMARTS) is 1. The number of thioether (sulfide) groups is 1. The monoisotopic (exact) mass is 431 g/mol. The number of hydrogen-bond donors (Lipinski definition) is 4. The molecule has 2 aliphatic heterocycles. The first-order valence-electron chi connectivity index (χ1n) is 10.4. The molecule has 1 aliphatic carbocycles. The average molecular weight is 432 g/mol. The second-order valence-electron chi connectivity index (χ2n) is 8.20. The number of carbonyl (C=O) groups is 3. The number of nitrogens with zero attached hydrogens (tertiary/aromatic N) is 1. The van der Waals surface area contributed by atoms with Crippen LogP contribution >= 0.6 is 11.8 Å². The number of amides is 2. The van der Waals surface area contributed by atoms with Crippen LogP contribution in [0.3, 0.4) is 0 Å². The standard InChI is InChI=1S/C11H17N3O4S.C8H16.CH4O/c1-4(12)7(15)13-5-8(16)14-6(10(17)18)11(2,3)19-9(5)14;1-2-4-6-8-7-5-3-1;1-2/h4-6,9H,12H2,1-3H3,(H,13,15)(H,17,18);1-8H2;2H,1H3. The van der Waals surface area contributed by atoms with Crippen LogP contribution in [0.4, 0.5) is 0 Å². The summed E-state index contributed by atoms with van der Waals surface area (Å²) in [5.41, 5.74) is 5.44. The molecule has 1 saturated carbocycles. The highest BCUT2D eigenvalue weighted by Crippen LogP contribution is 2.50. The minimum Gasteiger partial charge on any atom is -0.480 e. The van der Waals surface area contributed by atoms with E-state index in [-0.39, 0.29) is 11.3 Å². The number of carboxylic acids is 1. The van der Waals surface area contributed by atoms with Crippen molar-refractivity contribution >= 4 is 29.5 Å². The highest BCUT2D eigenvalue weighted by Gasteiger charge is 2.64. The lowest BCUT2D eigenvalue weighted by atomic mass is 9.96. The van der Waals surface area contributed by atoms with E-state index in [0.29, 0.717) is 0 Å². The molecule has 4 unspecified atom stereocenters. The van der Waals surface area contributed by atoms with Crippen LogP contribution in [0.5, 0.6) is 0 Å². The van der Waals surface area contributed by atoms with Gasteiger partial charge in [0.05, 0.1) is 6.04 Å². The van der Waals surface area contributed by atoms with Crippen LogP contribution in [0, 0.1) is 0 Å². The number of rotatable bonds is 3. The molecule has 2 heterocycles. The first-order valence-corrected chi connectivity index (χ1v) is 11.3. The lowest BCUT2D eigenvalue weighted by Gasteiger charge is -2.43. The van der Waals surface area contributed by atoms with Gasteiger partial charge in [-0.3, -0.25) is 9.59 Å². The third-order valence-corrected chi connectivity index (χ3v) is 6.96. The summed E-state index contributed by atoms with van der Waals surface area (Å²) in [4.78, 5) is 36.1. The Bertz CT molecular complexity index is 546. The van der Waals surface area contributed by atoms with Crippen molar-refractivity contribution < 1.29 is 24.6 Å². The Hall–Kier alpha value is -1.32. The van der Waals surface area contributed by atoms with Crippen molar-refractivity contribution in [1.29, 1.82) is 0 Å².